The van der Waals surface area contributed by atoms with Gasteiger partial charge in [-0.05, 0) is 55.5 Å². The summed E-state index contributed by atoms with van der Waals surface area (Å²) < 4.78 is 36.7. The van der Waals surface area contributed by atoms with Crippen LogP contribution in [0, 0.1) is 0 Å². The van der Waals surface area contributed by atoms with Crippen molar-refractivity contribution in [1.82, 2.24) is 23.8 Å². The fourth-order valence-electron chi connectivity index (χ4n) is 4.72. The number of hydrogen-bond acceptors (Lipinski definition) is 8. The first kappa shape index (κ1) is 26.7. The molecule has 0 saturated heterocycles. The Morgan fingerprint density at radius 3 is 2.66 bits per heavy atom. The first-order valence-electron chi connectivity index (χ1n) is 12.2. The summed E-state index contributed by atoms with van der Waals surface area (Å²) >= 11 is 7.13. The normalized spacial score (nSPS) is 11.9. The van der Waals surface area contributed by atoms with Gasteiger partial charge in [0.2, 0.25) is 4.34 Å². The number of rotatable bonds is 6. The molecule has 0 aliphatic heterocycles. The molecule has 41 heavy (non-hydrogen) atoms. The molecule has 2 N–H and O–H groups in total. The largest absolute Gasteiger partial charge is 0.494 e. The number of aromatic nitrogens is 4. The van der Waals surface area contributed by atoms with Gasteiger partial charge in [0.15, 0.2) is 0 Å². The van der Waals surface area contributed by atoms with Crippen molar-refractivity contribution in [2.45, 2.75) is 11.3 Å². The molecule has 6 rings (SSSR count). The topological polar surface area (TPSA) is 145 Å². The fraction of sp³-hybridized carbons (Fsp3) is 0.111. The zero-order valence-electron chi connectivity index (χ0n) is 21.5. The molecule has 0 fully saturated rings. The molecular weight excluding hydrogens is 590 g/mol. The molecule has 0 radical (unpaired) electrons. The minimum absolute atomic E-state index is 0.111. The Labute approximate surface area is 240 Å². The van der Waals surface area contributed by atoms with Crippen LogP contribution in [0.4, 0.5) is 0 Å². The van der Waals surface area contributed by atoms with Crippen LogP contribution in [0.1, 0.15) is 17.4 Å². The lowest BCUT2D eigenvalue weighted by Gasteiger charge is -2.10. The third-order valence-electron chi connectivity index (χ3n) is 6.49. The van der Waals surface area contributed by atoms with Gasteiger partial charge in [0.05, 0.1) is 38.9 Å². The van der Waals surface area contributed by atoms with Crippen molar-refractivity contribution in [3.8, 4) is 11.4 Å². The number of carbonyl (C=O) groups excluding carboxylic acids is 1. The molecule has 0 bridgehead atoms. The molecule has 0 saturated carbocycles. The number of para-hydroxylation sites is 1. The number of benzene rings is 3. The third kappa shape index (κ3) is 4.47. The summed E-state index contributed by atoms with van der Waals surface area (Å²) in [6.45, 7) is 2.27. The SMILES string of the molecule is CCOc1ccc2nc(S(=O)(=O)NC(=O)c3c(-n4c(=O)[nH]c5ccccc5c4=O)c4cc(Cl)ccc4n3C)sc2c1. The van der Waals surface area contributed by atoms with Crippen molar-refractivity contribution in [2.24, 2.45) is 7.05 Å². The number of nitrogens with one attached hydrogen (secondary N) is 2. The van der Waals surface area contributed by atoms with Crippen molar-refractivity contribution in [3.63, 3.8) is 0 Å². The number of carbonyl (C=O) groups is 1. The van der Waals surface area contributed by atoms with Gasteiger partial charge in [-0.15, -0.1) is 11.3 Å². The second-order valence-corrected chi connectivity index (χ2v) is 12.3. The van der Waals surface area contributed by atoms with Gasteiger partial charge >= 0.3 is 5.69 Å². The number of ether oxygens (including phenoxy) is 1. The van der Waals surface area contributed by atoms with Crippen LogP contribution < -0.4 is 20.7 Å². The highest BCUT2D eigenvalue weighted by atomic mass is 35.5. The van der Waals surface area contributed by atoms with E-state index in [9.17, 15) is 22.8 Å². The second-order valence-electron chi connectivity index (χ2n) is 9.01. The van der Waals surface area contributed by atoms with Crippen molar-refractivity contribution in [2.75, 3.05) is 6.61 Å². The minimum Gasteiger partial charge on any atom is -0.494 e. The number of nitrogens with zero attached hydrogens (tertiary/aromatic N) is 3. The van der Waals surface area contributed by atoms with Gasteiger partial charge < -0.3 is 14.3 Å². The maximum atomic E-state index is 13.7. The lowest BCUT2D eigenvalue weighted by molar-refractivity contribution is 0.0974. The lowest BCUT2D eigenvalue weighted by atomic mass is 10.2. The van der Waals surface area contributed by atoms with Crippen molar-refractivity contribution >= 4 is 70.9 Å². The summed E-state index contributed by atoms with van der Waals surface area (Å²) in [5.74, 6) is -0.509. The maximum absolute atomic E-state index is 13.7. The van der Waals surface area contributed by atoms with Crippen molar-refractivity contribution in [1.29, 1.82) is 0 Å². The van der Waals surface area contributed by atoms with E-state index in [1.54, 1.807) is 48.5 Å². The van der Waals surface area contributed by atoms with E-state index in [2.05, 4.69) is 14.7 Å². The Morgan fingerprint density at radius 1 is 1.10 bits per heavy atom. The summed E-state index contributed by atoms with van der Waals surface area (Å²) in [5.41, 5.74) is -0.683. The highest BCUT2D eigenvalue weighted by molar-refractivity contribution is 7.92. The predicted octanol–water partition coefficient (Wildman–Crippen LogP) is 3.95. The average Bonchev–Trinajstić information content (AvgIpc) is 3.48. The van der Waals surface area contributed by atoms with Gasteiger partial charge in [0, 0.05) is 17.5 Å². The van der Waals surface area contributed by atoms with E-state index in [0.29, 0.717) is 39.0 Å². The van der Waals surface area contributed by atoms with Crippen LogP contribution in [0.2, 0.25) is 5.02 Å². The predicted molar refractivity (Wildman–Crippen MR) is 157 cm³/mol. The molecule has 0 aliphatic rings. The molecule has 0 atom stereocenters. The molecule has 11 nitrogen and oxygen atoms in total. The maximum Gasteiger partial charge on any atom is 0.333 e. The number of H-pyrrole nitrogens is 1. The number of sulfonamides is 1. The monoisotopic (exact) mass is 609 g/mol. The average molecular weight is 610 g/mol. The molecule has 0 aliphatic carbocycles. The number of aromatic amines is 1. The zero-order valence-corrected chi connectivity index (χ0v) is 23.9. The van der Waals surface area contributed by atoms with Crippen LogP contribution in [0.25, 0.3) is 37.7 Å². The lowest BCUT2D eigenvalue weighted by Crippen LogP contribution is -2.37. The highest BCUT2D eigenvalue weighted by Crippen LogP contribution is 2.32. The first-order valence-corrected chi connectivity index (χ1v) is 14.9. The van der Waals surface area contributed by atoms with Crippen LogP contribution in [0.15, 0.2) is 74.6 Å². The highest BCUT2D eigenvalue weighted by Gasteiger charge is 2.30. The van der Waals surface area contributed by atoms with E-state index in [0.717, 1.165) is 15.9 Å². The molecule has 3 aromatic heterocycles. The van der Waals surface area contributed by atoms with Gasteiger partial charge in [-0.2, -0.15) is 8.42 Å². The zero-order chi connectivity index (χ0) is 29.1. The number of fused-ring (bicyclic) bond motifs is 3. The van der Waals surface area contributed by atoms with E-state index in [1.165, 1.54) is 23.7 Å². The van der Waals surface area contributed by atoms with Gasteiger partial charge in [0.25, 0.3) is 21.5 Å². The quantitative estimate of drug-likeness (QED) is 0.291. The summed E-state index contributed by atoms with van der Waals surface area (Å²) in [5, 5.41) is 0.787. The van der Waals surface area contributed by atoms with Crippen LogP contribution >= 0.6 is 22.9 Å². The van der Waals surface area contributed by atoms with Crippen LogP contribution in [-0.4, -0.2) is 40.0 Å². The molecule has 6 aromatic rings. The Bertz CT molecular complexity index is 2270. The minimum atomic E-state index is -4.46. The second kappa shape index (κ2) is 9.87. The number of hydrogen-bond donors (Lipinski definition) is 2. The first-order chi connectivity index (χ1) is 19.6. The fourth-order valence-corrected chi connectivity index (χ4v) is 7.10. The number of amides is 1. The number of halogens is 1. The van der Waals surface area contributed by atoms with Gasteiger partial charge in [-0.1, -0.05) is 23.7 Å². The molecule has 14 heteroatoms. The van der Waals surface area contributed by atoms with Gasteiger partial charge in [-0.25, -0.2) is 19.1 Å². The van der Waals surface area contributed by atoms with Crippen LogP contribution in [-0.2, 0) is 17.1 Å². The standard InChI is InChI=1S/C27H20ClN5O6S2/c1-3-39-15-9-10-19-21(13-15)40-27(30-19)41(37,38)31-24(34)23-22(17-12-14(28)8-11-20(17)32(23)2)33-25(35)16-6-4-5-7-18(16)29-26(33)36/h4-13H,3H2,1-2H3,(H,29,36)(H,31,34). The third-order valence-corrected chi connectivity index (χ3v) is 9.45. The van der Waals surface area contributed by atoms with E-state index in [4.69, 9.17) is 16.3 Å². The van der Waals surface area contributed by atoms with Crippen molar-refractivity contribution in [3.05, 3.63) is 92.2 Å². The Kier molecular flexibility index (Phi) is 6.44. The van der Waals surface area contributed by atoms with Crippen LogP contribution in [0.3, 0.4) is 0 Å². The summed E-state index contributed by atoms with van der Waals surface area (Å²) in [7, 11) is -2.93. The smallest absolute Gasteiger partial charge is 0.333 e. The summed E-state index contributed by atoms with van der Waals surface area (Å²) in [6, 6.07) is 16.1. The van der Waals surface area contributed by atoms with Crippen molar-refractivity contribution < 1.29 is 17.9 Å². The molecule has 3 heterocycles. The van der Waals surface area contributed by atoms with Gasteiger partial charge in [-0.3, -0.25) is 9.59 Å². The van der Waals surface area contributed by atoms with Gasteiger partial charge in [0.1, 0.15) is 11.4 Å². The van der Waals surface area contributed by atoms with E-state index < -0.39 is 27.2 Å². The molecule has 0 unspecified atom stereocenters. The molecule has 0 spiro atoms. The van der Waals surface area contributed by atoms with Crippen LogP contribution in [0.5, 0.6) is 5.75 Å². The van der Waals surface area contributed by atoms with E-state index >= 15 is 0 Å². The number of aryl methyl sites for hydroxylation is 1. The van der Waals surface area contributed by atoms with E-state index in [1.807, 2.05) is 6.92 Å². The Balaban J connectivity index is 1.52. The summed E-state index contributed by atoms with van der Waals surface area (Å²) in [4.78, 5) is 47.4. The molecular formula is C27H20ClN5O6S2. The number of thiazole rings is 1. The Morgan fingerprint density at radius 2 is 1.88 bits per heavy atom. The molecule has 208 valence electrons. The summed E-state index contributed by atoms with van der Waals surface area (Å²) in [6.07, 6.45) is 0. The Hall–Kier alpha value is -4.46. The van der Waals surface area contributed by atoms with E-state index in [-0.39, 0.29) is 26.1 Å². The molecule has 1 amide bonds. The molecule has 3 aromatic carbocycles.